The molecule has 0 radical (unpaired) electrons. The first kappa shape index (κ1) is 30.1. The first-order chi connectivity index (χ1) is 26.3. The van der Waals surface area contributed by atoms with E-state index >= 15 is 0 Å². The van der Waals surface area contributed by atoms with Crippen LogP contribution in [-0.2, 0) is 0 Å². The van der Waals surface area contributed by atoms with E-state index in [1.54, 1.807) is 0 Å². The molecular weight excluding hydrogens is 657 g/mol. The summed E-state index contributed by atoms with van der Waals surface area (Å²) in [6.45, 7) is 0. The number of rotatable bonds is 4. The molecule has 11 aromatic rings. The Bertz CT molecular complexity index is 3010. The molecular formula is C52H32S. The van der Waals surface area contributed by atoms with Crippen molar-refractivity contribution in [3.05, 3.63) is 194 Å². The van der Waals surface area contributed by atoms with Gasteiger partial charge in [0.15, 0.2) is 0 Å². The van der Waals surface area contributed by atoms with Gasteiger partial charge in [0.25, 0.3) is 0 Å². The second-order valence-electron chi connectivity index (χ2n) is 14.0. The number of hydrogen-bond donors (Lipinski definition) is 0. The Kier molecular flexibility index (Phi) is 6.83. The summed E-state index contributed by atoms with van der Waals surface area (Å²) < 4.78 is 2.60. The number of fused-ring (bicyclic) bond motifs is 3. The molecule has 0 fully saturated rings. The van der Waals surface area contributed by atoms with E-state index in [-0.39, 0.29) is 0 Å². The van der Waals surface area contributed by atoms with E-state index in [9.17, 15) is 0 Å². The van der Waals surface area contributed by atoms with Crippen LogP contribution in [0.1, 0.15) is 0 Å². The standard InChI is InChI=1S/C52H32S/c1-3-19-39-33(11-1)13-7-21-41(39)35-15-5-17-37(31-35)43-27-29-49-51-45(43)23-9-25-47(51)48-26-10-24-46-44(28-30-50(53-49)52(46)48)38-18-6-16-36(32-38)42-22-8-14-34-12-2-4-20-40(34)42/h1-32H. The first-order valence-corrected chi connectivity index (χ1v) is 19.1. The van der Waals surface area contributed by atoms with Crippen molar-refractivity contribution in [1.29, 1.82) is 0 Å². The highest BCUT2D eigenvalue weighted by Gasteiger charge is 2.16. The predicted molar refractivity (Wildman–Crippen MR) is 231 cm³/mol. The summed E-state index contributed by atoms with van der Waals surface area (Å²) >= 11 is 1.90. The van der Waals surface area contributed by atoms with E-state index in [0.29, 0.717) is 0 Å². The summed E-state index contributed by atoms with van der Waals surface area (Å²) in [5, 5.41) is 12.9. The minimum absolute atomic E-state index is 1.23. The van der Waals surface area contributed by atoms with Crippen LogP contribution in [0, 0.1) is 0 Å². The van der Waals surface area contributed by atoms with Crippen molar-refractivity contribution in [3.63, 3.8) is 0 Å². The number of hydrogen-bond acceptors (Lipinski definition) is 1. The summed E-state index contributed by atoms with van der Waals surface area (Å²) in [6.07, 6.45) is 0. The molecule has 0 N–H and O–H groups in total. The lowest BCUT2D eigenvalue weighted by atomic mass is 9.90. The summed E-state index contributed by atoms with van der Waals surface area (Å²) in [5.74, 6) is 0. The molecule has 1 heteroatoms. The van der Waals surface area contributed by atoms with Crippen LogP contribution < -0.4 is 0 Å². The van der Waals surface area contributed by atoms with Crippen molar-refractivity contribution in [2.45, 2.75) is 0 Å². The molecule has 0 amide bonds. The van der Waals surface area contributed by atoms with Crippen LogP contribution in [0.4, 0.5) is 0 Å². The van der Waals surface area contributed by atoms with Crippen LogP contribution >= 0.6 is 11.3 Å². The zero-order valence-corrected chi connectivity index (χ0v) is 29.7. The molecule has 10 aromatic carbocycles. The fourth-order valence-corrected chi connectivity index (χ4v) is 9.81. The molecule has 246 valence electrons. The van der Waals surface area contributed by atoms with Gasteiger partial charge >= 0.3 is 0 Å². The van der Waals surface area contributed by atoms with E-state index in [2.05, 4.69) is 194 Å². The summed E-state index contributed by atoms with van der Waals surface area (Å²) in [5.41, 5.74) is 9.99. The van der Waals surface area contributed by atoms with Crippen LogP contribution in [0.5, 0.6) is 0 Å². The Labute approximate surface area is 311 Å². The Balaban J connectivity index is 1.10. The van der Waals surface area contributed by atoms with E-state index in [4.69, 9.17) is 0 Å². The van der Waals surface area contributed by atoms with E-state index in [1.807, 2.05) is 11.3 Å². The molecule has 0 spiro atoms. The SMILES string of the molecule is c1cc(-c2cccc3ccccc23)cc(-c2ccc3sc4ccc(-c5cccc(-c6cccc7ccccc67)c5)c5cccc(c6cccc2c36)c45)c1. The van der Waals surface area contributed by atoms with Crippen LogP contribution in [0.2, 0.25) is 0 Å². The summed E-state index contributed by atoms with van der Waals surface area (Å²) in [4.78, 5) is 0. The first-order valence-electron chi connectivity index (χ1n) is 18.3. The van der Waals surface area contributed by atoms with Gasteiger partial charge in [-0.1, -0.05) is 170 Å². The lowest BCUT2D eigenvalue weighted by molar-refractivity contribution is 1.63. The molecule has 0 saturated carbocycles. The summed E-state index contributed by atoms with van der Waals surface area (Å²) in [6, 6.07) is 71.8. The molecule has 53 heavy (non-hydrogen) atoms. The molecule has 1 heterocycles. The largest absolute Gasteiger partial charge is 0.135 e. The maximum Gasteiger partial charge on any atom is 0.0361 e. The molecule has 0 bridgehead atoms. The van der Waals surface area contributed by atoms with Gasteiger partial charge in [-0.3, -0.25) is 0 Å². The van der Waals surface area contributed by atoms with Gasteiger partial charge in [0.2, 0.25) is 0 Å². The minimum atomic E-state index is 1.23. The average molecular weight is 689 g/mol. The van der Waals surface area contributed by atoms with Crippen molar-refractivity contribution < 1.29 is 0 Å². The molecule has 0 aliphatic heterocycles. The maximum absolute atomic E-state index is 2.36. The normalized spacial score (nSPS) is 11.8. The zero-order chi connectivity index (χ0) is 34.9. The topological polar surface area (TPSA) is 0 Å². The van der Waals surface area contributed by atoms with Gasteiger partial charge in [0, 0.05) is 20.2 Å². The van der Waals surface area contributed by atoms with Crippen molar-refractivity contribution in [2.24, 2.45) is 0 Å². The highest BCUT2D eigenvalue weighted by Crippen LogP contribution is 2.45. The molecule has 0 aliphatic carbocycles. The quantitative estimate of drug-likeness (QED) is 0.173. The van der Waals surface area contributed by atoms with Crippen molar-refractivity contribution in [3.8, 4) is 44.5 Å². The fraction of sp³-hybridized carbons (Fsp3) is 0. The maximum atomic E-state index is 2.36. The average Bonchev–Trinajstić information content (AvgIpc) is 3.37. The van der Waals surface area contributed by atoms with Gasteiger partial charge in [-0.05, 0) is 112 Å². The second kappa shape index (κ2) is 12.0. The molecule has 0 nitrogen and oxygen atoms in total. The monoisotopic (exact) mass is 688 g/mol. The Morgan fingerprint density at radius 2 is 0.585 bits per heavy atom. The second-order valence-corrected chi connectivity index (χ2v) is 15.1. The third-order valence-electron chi connectivity index (χ3n) is 11.1. The van der Waals surface area contributed by atoms with Gasteiger partial charge in [-0.15, -0.1) is 11.3 Å². The zero-order valence-electron chi connectivity index (χ0n) is 28.9. The fourth-order valence-electron chi connectivity index (χ4n) is 8.65. The van der Waals surface area contributed by atoms with Crippen LogP contribution in [-0.4, -0.2) is 0 Å². The third kappa shape index (κ3) is 4.82. The van der Waals surface area contributed by atoms with Crippen LogP contribution in [0.25, 0.3) is 108 Å². The van der Waals surface area contributed by atoms with Gasteiger partial charge < -0.3 is 0 Å². The van der Waals surface area contributed by atoms with E-state index in [0.717, 1.165) is 0 Å². The predicted octanol–water partition coefficient (Wildman–Crippen LogP) is 15.3. The van der Waals surface area contributed by atoms with Crippen molar-refractivity contribution in [2.75, 3.05) is 0 Å². The van der Waals surface area contributed by atoms with Gasteiger partial charge in [-0.25, -0.2) is 0 Å². The summed E-state index contributed by atoms with van der Waals surface area (Å²) in [7, 11) is 0. The minimum Gasteiger partial charge on any atom is -0.135 e. The Morgan fingerprint density at radius 1 is 0.245 bits per heavy atom. The molecule has 0 aliphatic rings. The molecule has 0 unspecified atom stereocenters. The Morgan fingerprint density at radius 3 is 1.06 bits per heavy atom. The molecule has 0 saturated heterocycles. The highest BCUT2D eigenvalue weighted by atomic mass is 32.1. The van der Waals surface area contributed by atoms with Gasteiger partial charge in [0.1, 0.15) is 0 Å². The highest BCUT2D eigenvalue weighted by molar-refractivity contribution is 7.24. The van der Waals surface area contributed by atoms with Crippen molar-refractivity contribution >= 4 is 74.6 Å². The van der Waals surface area contributed by atoms with Crippen LogP contribution in [0.15, 0.2) is 194 Å². The van der Waals surface area contributed by atoms with Crippen LogP contribution in [0.3, 0.4) is 0 Å². The smallest absolute Gasteiger partial charge is 0.0361 e. The van der Waals surface area contributed by atoms with E-state index < -0.39 is 0 Å². The third-order valence-corrected chi connectivity index (χ3v) is 12.2. The molecule has 11 rings (SSSR count). The molecule has 0 atom stereocenters. The lowest BCUT2D eigenvalue weighted by Crippen LogP contribution is -1.86. The van der Waals surface area contributed by atoms with E-state index in [1.165, 1.54) is 108 Å². The molecule has 1 aromatic heterocycles. The van der Waals surface area contributed by atoms with Crippen molar-refractivity contribution in [1.82, 2.24) is 0 Å². The van der Waals surface area contributed by atoms with Gasteiger partial charge in [-0.2, -0.15) is 0 Å². The number of benzene rings is 10. The van der Waals surface area contributed by atoms with Gasteiger partial charge in [0.05, 0.1) is 0 Å². The Hall–Kier alpha value is -6.54. The lowest BCUT2D eigenvalue weighted by Gasteiger charge is -2.13.